The first-order valence-corrected chi connectivity index (χ1v) is 7.54. The van der Waals surface area contributed by atoms with Crippen molar-refractivity contribution in [2.45, 2.75) is 26.2 Å². The predicted molar refractivity (Wildman–Crippen MR) is 80.4 cm³/mol. The number of hydrogen-bond acceptors (Lipinski definition) is 3. The number of hydrogen-bond donors (Lipinski definition) is 1. The predicted octanol–water partition coefficient (Wildman–Crippen LogP) is 2.19. The van der Waals surface area contributed by atoms with E-state index in [1.165, 1.54) is 6.42 Å². The highest BCUT2D eigenvalue weighted by molar-refractivity contribution is 5.93. The number of aryl methyl sites for hydroxylation is 1. The summed E-state index contributed by atoms with van der Waals surface area (Å²) in [4.78, 5) is 12.1. The molecule has 0 radical (unpaired) electrons. The topological polar surface area (TPSA) is 55.6 Å². The summed E-state index contributed by atoms with van der Waals surface area (Å²) >= 11 is 0. The zero-order chi connectivity index (χ0) is 14.7. The molecule has 1 saturated heterocycles. The first-order chi connectivity index (χ1) is 10.2. The molecule has 2 aromatic rings. The minimum absolute atomic E-state index is 0.104. The smallest absolute Gasteiger partial charge is 0.271 e. The third-order valence-corrected chi connectivity index (χ3v) is 3.94. The van der Waals surface area contributed by atoms with Crippen LogP contribution in [-0.4, -0.2) is 35.3 Å². The van der Waals surface area contributed by atoms with Gasteiger partial charge in [-0.2, -0.15) is 5.10 Å². The summed E-state index contributed by atoms with van der Waals surface area (Å²) in [5.41, 5.74) is 2.58. The van der Waals surface area contributed by atoms with Crippen LogP contribution >= 0.6 is 0 Å². The van der Waals surface area contributed by atoms with Crippen molar-refractivity contribution in [3.05, 3.63) is 35.7 Å². The van der Waals surface area contributed by atoms with E-state index in [1.807, 2.05) is 31.3 Å². The van der Waals surface area contributed by atoms with Gasteiger partial charge in [0.15, 0.2) is 5.69 Å². The van der Waals surface area contributed by atoms with E-state index in [9.17, 15) is 4.79 Å². The molecule has 0 aliphatic carbocycles. The second-order valence-electron chi connectivity index (χ2n) is 5.73. The van der Waals surface area contributed by atoms with E-state index in [2.05, 4.69) is 10.4 Å². The second-order valence-corrected chi connectivity index (χ2v) is 5.73. The molecule has 0 aromatic carbocycles. The molecule has 1 amide bonds. The van der Waals surface area contributed by atoms with Crippen LogP contribution in [0.2, 0.25) is 0 Å². The Hall–Kier alpha value is -1.88. The first kappa shape index (κ1) is 14.1. The maximum atomic E-state index is 12.1. The molecule has 21 heavy (non-hydrogen) atoms. The summed E-state index contributed by atoms with van der Waals surface area (Å²) in [7, 11) is 0. The molecule has 0 saturated carbocycles. The number of pyridine rings is 1. The van der Waals surface area contributed by atoms with Gasteiger partial charge in [-0.15, -0.1) is 0 Å². The minimum Gasteiger partial charge on any atom is -0.381 e. The molecule has 112 valence electrons. The van der Waals surface area contributed by atoms with Crippen LogP contribution in [0, 0.1) is 12.8 Å². The van der Waals surface area contributed by atoms with E-state index in [-0.39, 0.29) is 5.91 Å². The van der Waals surface area contributed by atoms with Gasteiger partial charge >= 0.3 is 0 Å². The molecule has 1 fully saturated rings. The number of carbonyl (C=O) groups excluding carboxylic acids is 1. The third-order valence-electron chi connectivity index (χ3n) is 3.94. The van der Waals surface area contributed by atoms with E-state index in [0.29, 0.717) is 18.2 Å². The maximum Gasteiger partial charge on any atom is 0.271 e. The Balaban J connectivity index is 1.56. The number of aromatic nitrogens is 2. The Kier molecular flexibility index (Phi) is 4.20. The summed E-state index contributed by atoms with van der Waals surface area (Å²) in [5.74, 6) is 0.468. The molecule has 1 N–H and O–H groups in total. The van der Waals surface area contributed by atoms with Gasteiger partial charge in [0, 0.05) is 26.0 Å². The van der Waals surface area contributed by atoms with Gasteiger partial charge in [0.25, 0.3) is 5.91 Å². The number of ether oxygens (including phenoxy) is 1. The lowest BCUT2D eigenvalue weighted by molar-refractivity contribution is 0.0514. The normalized spacial score (nSPS) is 18.8. The van der Waals surface area contributed by atoms with E-state index in [4.69, 9.17) is 4.74 Å². The van der Waals surface area contributed by atoms with Crippen LogP contribution in [0.5, 0.6) is 0 Å². The third kappa shape index (κ3) is 3.42. The molecule has 0 spiro atoms. The number of fused-ring (bicyclic) bond motifs is 1. The molecule has 3 rings (SSSR count). The van der Waals surface area contributed by atoms with Gasteiger partial charge in [0.1, 0.15) is 0 Å². The summed E-state index contributed by atoms with van der Waals surface area (Å²) in [5, 5.41) is 7.25. The summed E-state index contributed by atoms with van der Waals surface area (Å²) < 4.78 is 7.18. The molecule has 1 aliphatic heterocycles. The van der Waals surface area contributed by atoms with Gasteiger partial charge < -0.3 is 10.1 Å². The number of nitrogens with one attached hydrogen (secondary N) is 1. The van der Waals surface area contributed by atoms with E-state index in [1.54, 1.807) is 4.52 Å². The molecular formula is C16H21N3O2. The van der Waals surface area contributed by atoms with Crippen LogP contribution in [0.4, 0.5) is 0 Å². The number of rotatable bonds is 4. The molecular weight excluding hydrogens is 266 g/mol. The second kappa shape index (κ2) is 6.26. The Morgan fingerprint density at radius 2 is 2.43 bits per heavy atom. The minimum atomic E-state index is -0.104. The Morgan fingerprint density at radius 1 is 1.52 bits per heavy atom. The van der Waals surface area contributed by atoms with Crippen molar-refractivity contribution >= 4 is 11.4 Å². The van der Waals surface area contributed by atoms with Gasteiger partial charge in [-0.25, -0.2) is 4.52 Å². The zero-order valence-electron chi connectivity index (χ0n) is 12.3. The summed E-state index contributed by atoms with van der Waals surface area (Å²) in [6.45, 7) is 4.41. The standard InChI is InChI=1S/C16H21N3O2/c1-12-5-7-19-14(9-12)10-15(18-19)16(20)17-6-4-13-3-2-8-21-11-13/h5,7,9-10,13H,2-4,6,8,11H2,1H3,(H,17,20)/t13-/m1/s1. The van der Waals surface area contributed by atoms with Crippen LogP contribution in [-0.2, 0) is 4.74 Å². The van der Waals surface area contributed by atoms with Crippen molar-refractivity contribution in [1.29, 1.82) is 0 Å². The van der Waals surface area contributed by atoms with Gasteiger partial charge in [0.05, 0.1) is 5.52 Å². The fourth-order valence-electron chi connectivity index (χ4n) is 2.73. The molecule has 3 heterocycles. The lowest BCUT2D eigenvalue weighted by Crippen LogP contribution is -2.28. The molecule has 5 heteroatoms. The molecule has 0 bridgehead atoms. The van der Waals surface area contributed by atoms with Crippen LogP contribution in [0.25, 0.3) is 5.52 Å². The highest BCUT2D eigenvalue weighted by atomic mass is 16.5. The van der Waals surface area contributed by atoms with Crippen LogP contribution in [0.3, 0.4) is 0 Å². The highest BCUT2D eigenvalue weighted by Gasteiger charge is 2.15. The van der Waals surface area contributed by atoms with Crippen molar-refractivity contribution in [1.82, 2.24) is 14.9 Å². The van der Waals surface area contributed by atoms with Crippen molar-refractivity contribution in [2.75, 3.05) is 19.8 Å². The van der Waals surface area contributed by atoms with Gasteiger partial charge in [-0.3, -0.25) is 4.79 Å². The quantitative estimate of drug-likeness (QED) is 0.938. The van der Waals surface area contributed by atoms with Crippen molar-refractivity contribution in [2.24, 2.45) is 5.92 Å². The average Bonchev–Trinajstić information content (AvgIpc) is 2.91. The fourth-order valence-corrected chi connectivity index (χ4v) is 2.73. The number of amides is 1. The lowest BCUT2D eigenvalue weighted by atomic mass is 9.99. The Bertz CT molecular complexity index is 629. The van der Waals surface area contributed by atoms with E-state index >= 15 is 0 Å². The average molecular weight is 287 g/mol. The molecule has 0 unspecified atom stereocenters. The lowest BCUT2D eigenvalue weighted by Gasteiger charge is -2.21. The molecule has 5 nitrogen and oxygen atoms in total. The summed E-state index contributed by atoms with van der Waals surface area (Å²) in [6, 6.07) is 5.82. The number of carbonyl (C=O) groups is 1. The highest BCUT2D eigenvalue weighted by Crippen LogP contribution is 2.16. The molecule has 2 aromatic heterocycles. The van der Waals surface area contributed by atoms with Crippen LogP contribution in [0.1, 0.15) is 35.3 Å². The zero-order valence-corrected chi connectivity index (χ0v) is 12.3. The Labute approximate surface area is 124 Å². The molecule has 1 atom stereocenters. The monoisotopic (exact) mass is 287 g/mol. The van der Waals surface area contributed by atoms with Crippen molar-refractivity contribution in [3.63, 3.8) is 0 Å². The largest absolute Gasteiger partial charge is 0.381 e. The van der Waals surface area contributed by atoms with E-state index in [0.717, 1.165) is 37.1 Å². The Morgan fingerprint density at radius 3 is 3.24 bits per heavy atom. The summed E-state index contributed by atoms with van der Waals surface area (Å²) in [6.07, 6.45) is 5.17. The van der Waals surface area contributed by atoms with E-state index < -0.39 is 0 Å². The van der Waals surface area contributed by atoms with Gasteiger partial charge in [-0.05, 0) is 55.9 Å². The van der Waals surface area contributed by atoms with Crippen LogP contribution < -0.4 is 5.32 Å². The van der Waals surface area contributed by atoms with Crippen molar-refractivity contribution in [3.8, 4) is 0 Å². The molecule has 1 aliphatic rings. The fraction of sp³-hybridized carbons (Fsp3) is 0.500. The van der Waals surface area contributed by atoms with Crippen molar-refractivity contribution < 1.29 is 9.53 Å². The van der Waals surface area contributed by atoms with Gasteiger partial charge in [0.2, 0.25) is 0 Å². The first-order valence-electron chi connectivity index (χ1n) is 7.54. The maximum absolute atomic E-state index is 12.1. The SMILES string of the molecule is Cc1ccn2nc(C(=O)NCC[C@H]3CCCOC3)cc2c1. The van der Waals surface area contributed by atoms with Gasteiger partial charge in [-0.1, -0.05) is 0 Å². The number of nitrogens with zero attached hydrogens (tertiary/aromatic N) is 2. The van der Waals surface area contributed by atoms with Crippen LogP contribution in [0.15, 0.2) is 24.4 Å².